The molecule has 1 saturated heterocycles. The number of benzene rings is 1. The molecule has 1 aromatic carbocycles. The highest BCUT2D eigenvalue weighted by atomic mass is 16.7. The minimum absolute atomic E-state index is 0.0503. The molecule has 1 fully saturated rings. The predicted octanol–water partition coefficient (Wildman–Crippen LogP) is 3.52. The maximum atomic E-state index is 10.0. The van der Waals surface area contributed by atoms with Gasteiger partial charge in [-0.3, -0.25) is 4.90 Å². The van der Waals surface area contributed by atoms with Gasteiger partial charge in [-0.1, -0.05) is 0 Å². The average molecular weight is 354 g/mol. The lowest BCUT2D eigenvalue weighted by atomic mass is 9.83. The van der Waals surface area contributed by atoms with Crippen molar-refractivity contribution in [2.75, 3.05) is 20.7 Å². The minimum atomic E-state index is -0.119. The van der Waals surface area contributed by atoms with Crippen molar-refractivity contribution in [1.29, 1.82) is 0 Å². The first-order chi connectivity index (χ1) is 12.6. The number of aromatic hydroxyl groups is 1. The van der Waals surface area contributed by atoms with Crippen LogP contribution in [-0.4, -0.2) is 47.7 Å². The van der Waals surface area contributed by atoms with E-state index in [2.05, 4.69) is 29.6 Å². The third-order valence-corrected chi connectivity index (χ3v) is 6.52. The number of hydrogen-bond acceptors (Lipinski definition) is 4. The zero-order valence-electron chi connectivity index (χ0n) is 15.6. The lowest BCUT2D eigenvalue weighted by Crippen LogP contribution is -2.37. The molecule has 0 spiro atoms. The van der Waals surface area contributed by atoms with Gasteiger partial charge in [0.2, 0.25) is 0 Å². The van der Waals surface area contributed by atoms with Crippen molar-refractivity contribution < 1.29 is 14.6 Å². The zero-order valence-corrected chi connectivity index (χ0v) is 15.6. The normalized spacial score (nSPS) is 31.3. The summed E-state index contributed by atoms with van der Waals surface area (Å²) in [6.45, 7) is 3.18. The molecule has 5 nitrogen and oxygen atoms in total. The molecular weight excluding hydrogens is 328 g/mol. The second-order valence-corrected chi connectivity index (χ2v) is 7.92. The molecular formula is C21H26N2O3. The number of methoxy groups -OCH3 is 1. The Morgan fingerprint density at radius 3 is 2.92 bits per heavy atom. The molecule has 1 aromatic heterocycles. The summed E-state index contributed by atoms with van der Waals surface area (Å²) in [6, 6.07) is 6.14. The number of phenolic OH excluding ortho intramolecular Hbond substituents is 1. The lowest BCUT2D eigenvalue weighted by molar-refractivity contribution is -0.169. The van der Waals surface area contributed by atoms with Crippen LogP contribution in [0.2, 0.25) is 0 Å². The van der Waals surface area contributed by atoms with Gasteiger partial charge in [0.15, 0.2) is 6.29 Å². The monoisotopic (exact) mass is 354 g/mol. The van der Waals surface area contributed by atoms with Crippen LogP contribution in [0.5, 0.6) is 5.75 Å². The first kappa shape index (κ1) is 16.4. The smallest absolute Gasteiger partial charge is 0.158 e. The Morgan fingerprint density at radius 2 is 2.12 bits per heavy atom. The fraction of sp³-hybridized carbons (Fsp3) is 0.524. The molecule has 5 rings (SSSR count). The van der Waals surface area contributed by atoms with E-state index in [1.165, 1.54) is 27.7 Å². The second kappa shape index (κ2) is 5.84. The molecule has 5 heteroatoms. The molecule has 26 heavy (non-hydrogen) atoms. The first-order valence-electron chi connectivity index (χ1n) is 9.52. The number of likely N-dealkylation sites (N-methyl/N-ethyl adjacent to an activating group) is 1. The van der Waals surface area contributed by atoms with Crippen LogP contribution in [0.15, 0.2) is 23.8 Å². The van der Waals surface area contributed by atoms with Gasteiger partial charge in [0.1, 0.15) is 5.75 Å². The molecule has 3 aliphatic rings. The van der Waals surface area contributed by atoms with Crippen molar-refractivity contribution in [2.24, 2.45) is 5.92 Å². The lowest BCUT2D eigenvalue weighted by Gasteiger charge is -2.38. The summed E-state index contributed by atoms with van der Waals surface area (Å²) >= 11 is 0. The van der Waals surface area contributed by atoms with E-state index in [-0.39, 0.29) is 12.4 Å². The molecule has 4 atom stereocenters. The van der Waals surface area contributed by atoms with Gasteiger partial charge >= 0.3 is 0 Å². The molecule has 1 N–H and O–H groups in total. The van der Waals surface area contributed by atoms with Gasteiger partial charge in [-0.25, -0.2) is 0 Å². The van der Waals surface area contributed by atoms with E-state index in [4.69, 9.17) is 9.47 Å². The van der Waals surface area contributed by atoms with Gasteiger partial charge in [0, 0.05) is 37.4 Å². The first-order valence-corrected chi connectivity index (χ1v) is 9.52. The Balaban J connectivity index is 1.74. The van der Waals surface area contributed by atoms with Gasteiger partial charge < -0.3 is 19.1 Å². The topological polar surface area (TPSA) is 46.9 Å². The van der Waals surface area contributed by atoms with E-state index in [0.717, 1.165) is 25.8 Å². The summed E-state index contributed by atoms with van der Waals surface area (Å²) < 4.78 is 14.0. The summed E-state index contributed by atoms with van der Waals surface area (Å²) in [5, 5.41) is 11.2. The molecule has 138 valence electrons. The van der Waals surface area contributed by atoms with Crippen LogP contribution < -0.4 is 0 Å². The molecule has 2 aromatic rings. The third kappa shape index (κ3) is 2.27. The van der Waals surface area contributed by atoms with Gasteiger partial charge in [-0.05, 0) is 62.1 Å². The fourth-order valence-electron chi connectivity index (χ4n) is 5.17. The summed E-state index contributed by atoms with van der Waals surface area (Å²) in [4.78, 5) is 2.48. The molecule has 0 radical (unpaired) electrons. The molecule has 0 bridgehead atoms. The standard InChI is InChI=1S/C21H26N2O3/c1-12-17-11-23-18-5-4-14(24)10-16(18)15-6-7-22(2)19(21(15)23)8-13(17)9-20(25-3)26-12/h4-5,10-13,19-20,24H,6-9H2,1-3H3/t12-,13+,19+,20-/m1/s1. The second-order valence-electron chi connectivity index (χ2n) is 7.92. The van der Waals surface area contributed by atoms with Crippen LogP contribution in [0, 0.1) is 5.92 Å². The zero-order chi connectivity index (χ0) is 18.0. The number of hydrogen-bond donors (Lipinski definition) is 1. The van der Waals surface area contributed by atoms with E-state index >= 15 is 0 Å². The number of aromatic nitrogens is 1. The van der Waals surface area contributed by atoms with E-state index in [1.54, 1.807) is 13.2 Å². The summed E-state index contributed by atoms with van der Waals surface area (Å²) in [6.07, 6.45) is 5.26. The third-order valence-electron chi connectivity index (χ3n) is 6.52. The van der Waals surface area contributed by atoms with Crippen LogP contribution in [0.3, 0.4) is 0 Å². The van der Waals surface area contributed by atoms with Crippen LogP contribution in [0.1, 0.15) is 37.1 Å². The van der Waals surface area contributed by atoms with Crippen molar-refractivity contribution in [3.05, 3.63) is 35.0 Å². The van der Waals surface area contributed by atoms with E-state index < -0.39 is 0 Å². The fourth-order valence-corrected chi connectivity index (χ4v) is 5.17. The van der Waals surface area contributed by atoms with Crippen LogP contribution in [-0.2, 0) is 15.9 Å². The molecule has 0 unspecified atom stereocenters. The van der Waals surface area contributed by atoms with E-state index in [1.807, 2.05) is 12.1 Å². The Bertz CT molecular complexity index is 900. The maximum Gasteiger partial charge on any atom is 0.158 e. The Kier molecular flexibility index (Phi) is 3.68. The molecule has 3 aliphatic heterocycles. The summed E-state index contributed by atoms with van der Waals surface area (Å²) in [5.74, 6) is 0.807. The highest BCUT2D eigenvalue weighted by molar-refractivity contribution is 5.89. The van der Waals surface area contributed by atoms with Gasteiger partial charge in [0.25, 0.3) is 0 Å². The number of nitrogens with zero attached hydrogens (tertiary/aromatic N) is 2. The Morgan fingerprint density at radius 1 is 1.27 bits per heavy atom. The van der Waals surface area contributed by atoms with Gasteiger partial charge in [-0.15, -0.1) is 0 Å². The maximum absolute atomic E-state index is 10.0. The Hall–Kier alpha value is -1.82. The van der Waals surface area contributed by atoms with Crippen molar-refractivity contribution in [3.63, 3.8) is 0 Å². The number of phenols is 1. The highest BCUT2D eigenvalue weighted by Crippen LogP contribution is 2.47. The Labute approximate surface area is 153 Å². The SMILES string of the molecule is CO[C@H]1C[C@@H]2C[C@H]3c4c(c5cc(O)ccc5n4C=C2[C@@H](C)O1)CCN3C. The van der Waals surface area contributed by atoms with Crippen molar-refractivity contribution in [1.82, 2.24) is 9.47 Å². The van der Waals surface area contributed by atoms with Crippen molar-refractivity contribution in [2.45, 2.75) is 44.6 Å². The number of fused-ring (bicyclic) bond motifs is 4. The van der Waals surface area contributed by atoms with Crippen molar-refractivity contribution in [3.8, 4) is 5.75 Å². The minimum Gasteiger partial charge on any atom is -0.508 e. The molecule has 0 aliphatic carbocycles. The molecule has 0 amide bonds. The van der Waals surface area contributed by atoms with Crippen LogP contribution in [0.25, 0.3) is 17.1 Å². The quantitative estimate of drug-likeness (QED) is 0.851. The molecule has 0 saturated carbocycles. The number of ether oxygens (including phenoxy) is 2. The highest BCUT2D eigenvalue weighted by Gasteiger charge is 2.40. The summed E-state index contributed by atoms with van der Waals surface area (Å²) in [7, 11) is 3.96. The predicted molar refractivity (Wildman–Crippen MR) is 101 cm³/mol. The average Bonchev–Trinajstić information content (AvgIpc) is 2.80. The van der Waals surface area contributed by atoms with E-state index in [0.29, 0.717) is 17.7 Å². The van der Waals surface area contributed by atoms with Crippen molar-refractivity contribution >= 4 is 17.1 Å². The number of rotatable bonds is 1. The largest absolute Gasteiger partial charge is 0.508 e. The summed E-state index contributed by atoms with van der Waals surface area (Å²) in [5.41, 5.74) is 5.32. The molecule has 4 heterocycles. The van der Waals surface area contributed by atoms with Crippen LogP contribution >= 0.6 is 0 Å². The van der Waals surface area contributed by atoms with Gasteiger partial charge in [-0.2, -0.15) is 0 Å². The van der Waals surface area contributed by atoms with E-state index in [9.17, 15) is 5.11 Å². The van der Waals surface area contributed by atoms with Crippen LogP contribution in [0.4, 0.5) is 0 Å². The van der Waals surface area contributed by atoms with Gasteiger partial charge in [0.05, 0.1) is 17.7 Å².